The summed E-state index contributed by atoms with van der Waals surface area (Å²) < 4.78 is 15.1. The molecule has 110 valence electrons. The number of fused-ring (bicyclic) bond motifs is 1. The molecule has 0 saturated heterocycles. The summed E-state index contributed by atoms with van der Waals surface area (Å²) in [6, 6.07) is 10.3. The number of benzene rings is 1. The zero-order valence-corrected chi connectivity index (χ0v) is 12.4. The van der Waals surface area contributed by atoms with Gasteiger partial charge in [-0.25, -0.2) is 4.39 Å². The fourth-order valence-corrected chi connectivity index (χ4v) is 3.28. The molecule has 7 heteroatoms. The molecule has 3 aromatic rings. The van der Waals surface area contributed by atoms with Gasteiger partial charge >= 0.3 is 0 Å². The van der Waals surface area contributed by atoms with E-state index in [0.29, 0.717) is 6.67 Å². The highest BCUT2D eigenvalue weighted by atomic mass is 32.2. The number of aromatic nitrogens is 4. The molecule has 1 aliphatic rings. The Kier molecular flexibility index (Phi) is 3.27. The molecule has 0 spiro atoms. The monoisotopic (exact) mass is 313 g/mol. The van der Waals surface area contributed by atoms with Gasteiger partial charge in [0.2, 0.25) is 0 Å². The normalized spacial score (nSPS) is 14.0. The van der Waals surface area contributed by atoms with Gasteiger partial charge < -0.3 is 4.90 Å². The van der Waals surface area contributed by atoms with Gasteiger partial charge in [-0.3, -0.25) is 9.55 Å². The van der Waals surface area contributed by atoms with Crippen LogP contribution in [0.2, 0.25) is 0 Å². The van der Waals surface area contributed by atoms with Gasteiger partial charge in [-0.05, 0) is 36.4 Å². The highest BCUT2D eigenvalue weighted by Crippen LogP contribution is 2.31. The molecule has 22 heavy (non-hydrogen) atoms. The molecule has 4 rings (SSSR count). The number of rotatable bonds is 2. The smallest absolute Gasteiger partial charge is 0.194 e. The molecular weight excluding hydrogens is 301 g/mol. The molecule has 0 saturated carbocycles. The number of hydrogen-bond acceptors (Lipinski definition) is 5. The Morgan fingerprint density at radius 1 is 1.09 bits per heavy atom. The van der Waals surface area contributed by atoms with Crippen LogP contribution >= 0.6 is 11.8 Å². The number of nitrogens with zero attached hydrogens (tertiary/aromatic N) is 5. The van der Waals surface area contributed by atoms with Crippen LogP contribution in [0.25, 0.3) is 11.4 Å². The van der Waals surface area contributed by atoms with Crippen molar-refractivity contribution in [1.82, 2.24) is 19.7 Å². The van der Waals surface area contributed by atoms with E-state index in [-0.39, 0.29) is 5.82 Å². The van der Waals surface area contributed by atoms with Crippen LogP contribution < -0.4 is 4.90 Å². The van der Waals surface area contributed by atoms with E-state index in [2.05, 4.69) is 20.1 Å². The Bertz CT molecular complexity index is 787. The highest BCUT2D eigenvalue weighted by Gasteiger charge is 2.22. The fourth-order valence-electron chi connectivity index (χ4n) is 2.38. The molecule has 1 aromatic carbocycles. The van der Waals surface area contributed by atoms with E-state index in [1.165, 1.54) is 12.1 Å². The summed E-state index contributed by atoms with van der Waals surface area (Å²) in [5.41, 5.74) is 1.91. The van der Waals surface area contributed by atoms with Crippen molar-refractivity contribution >= 4 is 17.4 Å². The van der Waals surface area contributed by atoms with Gasteiger partial charge in [-0.2, -0.15) is 0 Å². The molecule has 0 amide bonds. The Hall–Kier alpha value is -2.41. The minimum absolute atomic E-state index is 0.256. The Labute approximate surface area is 130 Å². The van der Waals surface area contributed by atoms with E-state index in [9.17, 15) is 4.39 Å². The van der Waals surface area contributed by atoms with Crippen molar-refractivity contribution in [1.29, 1.82) is 0 Å². The maximum absolute atomic E-state index is 13.1. The van der Waals surface area contributed by atoms with Gasteiger partial charge in [0.1, 0.15) is 5.82 Å². The second-order valence-electron chi connectivity index (χ2n) is 4.91. The quantitative estimate of drug-likeness (QED) is 0.728. The standard InChI is InChI=1S/C15H12FN5S/c16-12-5-3-11(4-6-12)14-18-19-15-21(14)9-20(10-22-15)13-2-1-7-17-8-13/h1-8H,9-10H2. The molecule has 0 unspecified atom stereocenters. The van der Waals surface area contributed by atoms with Crippen LogP contribution in [0, 0.1) is 5.82 Å². The summed E-state index contributed by atoms with van der Waals surface area (Å²) >= 11 is 1.62. The number of hydrogen-bond donors (Lipinski definition) is 0. The second kappa shape index (κ2) is 5.42. The minimum Gasteiger partial charge on any atom is -0.342 e. The summed E-state index contributed by atoms with van der Waals surface area (Å²) in [5, 5.41) is 9.35. The third-order valence-corrected chi connectivity index (χ3v) is 4.49. The lowest BCUT2D eigenvalue weighted by Crippen LogP contribution is -2.30. The minimum atomic E-state index is -0.256. The molecule has 0 aliphatic carbocycles. The van der Waals surface area contributed by atoms with Gasteiger partial charge in [-0.1, -0.05) is 11.8 Å². The molecule has 0 N–H and O–H groups in total. The van der Waals surface area contributed by atoms with Gasteiger partial charge in [0.15, 0.2) is 11.0 Å². The summed E-state index contributed by atoms with van der Waals surface area (Å²) in [5.74, 6) is 1.29. The van der Waals surface area contributed by atoms with Crippen LogP contribution in [0.1, 0.15) is 0 Å². The number of halogens is 1. The van der Waals surface area contributed by atoms with Gasteiger partial charge in [0.25, 0.3) is 0 Å². The SMILES string of the molecule is Fc1ccc(-c2nnc3n2CN(c2cccnc2)CS3)cc1. The summed E-state index contributed by atoms with van der Waals surface area (Å²) in [7, 11) is 0. The molecule has 0 fully saturated rings. The van der Waals surface area contributed by atoms with Crippen LogP contribution in [0.3, 0.4) is 0 Å². The molecule has 2 aromatic heterocycles. The number of anilines is 1. The summed E-state index contributed by atoms with van der Waals surface area (Å²) in [6.07, 6.45) is 3.60. The first-order valence-electron chi connectivity index (χ1n) is 6.78. The largest absolute Gasteiger partial charge is 0.342 e. The summed E-state index contributed by atoms with van der Waals surface area (Å²) in [4.78, 5) is 6.36. The zero-order valence-electron chi connectivity index (χ0n) is 11.6. The molecule has 1 aliphatic heterocycles. The third-order valence-electron chi connectivity index (χ3n) is 3.49. The van der Waals surface area contributed by atoms with E-state index in [4.69, 9.17) is 0 Å². The van der Waals surface area contributed by atoms with Gasteiger partial charge in [0, 0.05) is 11.8 Å². The lowest BCUT2D eigenvalue weighted by molar-refractivity contribution is 0.607. The molecule has 0 bridgehead atoms. The van der Waals surface area contributed by atoms with E-state index < -0.39 is 0 Å². The zero-order chi connectivity index (χ0) is 14.9. The molecule has 5 nitrogen and oxygen atoms in total. The predicted molar refractivity (Wildman–Crippen MR) is 82.9 cm³/mol. The molecule has 0 radical (unpaired) electrons. The van der Waals surface area contributed by atoms with Crippen molar-refractivity contribution in [3.8, 4) is 11.4 Å². The van der Waals surface area contributed by atoms with Crippen LogP contribution in [-0.4, -0.2) is 25.6 Å². The van der Waals surface area contributed by atoms with Crippen molar-refractivity contribution in [2.45, 2.75) is 11.8 Å². The maximum atomic E-state index is 13.1. The highest BCUT2D eigenvalue weighted by molar-refractivity contribution is 7.99. The van der Waals surface area contributed by atoms with Gasteiger partial charge in [-0.15, -0.1) is 10.2 Å². The van der Waals surface area contributed by atoms with Gasteiger partial charge in [0.05, 0.1) is 24.4 Å². The molecule has 0 atom stereocenters. The predicted octanol–water partition coefficient (Wildman–Crippen LogP) is 3.01. The first-order valence-corrected chi connectivity index (χ1v) is 7.77. The second-order valence-corrected chi connectivity index (χ2v) is 5.82. The van der Waals surface area contributed by atoms with Crippen LogP contribution in [0.4, 0.5) is 10.1 Å². The van der Waals surface area contributed by atoms with E-state index in [0.717, 1.165) is 28.1 Å². The lowest BCUT2D eigenvalue weighted by Gasteiger charge is -2.29. The third kappa shape index (κ3) is 2.33. The van der Waals surface area contributed by atoms with Crippen LogP contribution in [-0.2, 0) is 6.67 Å². The first-order chi connectivity index (χ1) is 10.8. The van der Waals surface area contributed by atoms with Crippen LogP contribution in [0.15, 0.2) is 53.9 Å². The van der Waals surface area contributed by atoms with Crippen molar-refractivity contribution in [3.63, 3.8) is 0 Å². The Morgan fingerprint density at radius 3 is 2.73 bits per heavy atom. The van der Waals surface area contributed by atoms with E-state index >= 15 is 0 Å². The van der Waals surface area contributed by atoms with E-state index in [1.54, 1.807) is 30.1 Å². The van der Waals surface area contributed by atoms with E-state index in [1.807, 2.05) is 22.9 Å². The Balaban J connectivity index is 1.69. The lowest BCUT2D eigenvalue weighted by atomic mass is 10.2. The van der Waals surface area contributed by atoms with Crippen molar-refractivity contribution in [2.75, 3.05) is 10.8 Å². The summed E-state index contributed by atoms with van der Waals surface area (Å²) in [6.45, 7) is 0.647. The average molecular weight is 313 g/mol. The maximum Gasteiger partial charge on any atom is 0.194 e. The first kappa shape index (κ1) is 13.3. The number of pyridine rings is 1. The van der Waals surface area contributed by atoms with Crippen molar-refractivity contribution < 1.29 is 4.39 Å². The van der Waals surface area contributed by atoms with Crippen molar-refractivity contribution in [3.05, 3.63) is 54.6 Å². The molecular formula is C15H12FN5S. The van der Waals surface area contributed by atoms with Crippen molar-refractivity contribution in [2.24, 2.45) is 0 Å². The number of thioether (sulfide) groups is 1. The average Bonchev–Trinajstić information content (AvgIpc) is 2.99. The topological polar surface area (TPSA) is 46.8 Å². The van der Waals surface area contributed by atoms with Crippen LogP contribution in [0.5, 0.6) is 0 Å². The molecule has 3 heterocycles. The Morgan fingerprint density at radius 2 is 1.95 bits per heavy atom. The fraction of sp³-hybridized carbons (Fsp3) is 0.133.